The fourth-order valence-electron chi connectivity index (χ4n) is 1.66. The third-order valence-electron chi connectivity index (χ3n) is 2.31. The van der Waals surface area contributed by atoms with Crippen molar-refractivity contribution in [3.63, 3.8) is 0 Å². The Hall–Kier alpha value is -0.770. The molecule has 1 amide bonds. The van der Waals surface area contributed by atoms with Crippen molar-refractivity contribution in [2.75, 3.05) is 32.8 Å². The van der Waals surface area contributed by atoms with Crippen LogP contribution in [0.3, 0.4) is 0 Å². The van der Waals surface area contributed by atoms with Crippen molar-refractivity contribution in [3.05, 3.63) is 0 Å². The Bertz CT molecular complexity index is 204. The quantitative estimate of drug-likeness (QED) is 0.688. The van der Waals surface area contributed by atoms with Crippen LogP contribution >= 0.6 is 0 Å². The molecule has 14 heavy (non-hydrogen) atoms. The molecule has 0 aromatic heterocycles. The fourth-order valence-corrected chi connectivity index (χ4v) is 1.66. The normalized spacial score (nSPS) is 21.5. The van der Waals surface area contributed by atoms with E-state index in [0.29, 0.717) is 6.61 Å². The SMILES string of the molecule is CCOC(=O)N1CCNCC(C)(C)C1. The molecule has 0 saturated carbocycles. The van der Waals surface area contributed by atoms with Gasteiger partial charge >= 0.3 is 6.09 Å². The lowest BCUT2D eigenvalue weighted by Gasteiger charge is -2.28. The Kier molecular flexibility index (Phi) is 3.75. The fraction of sp³-hybridized carbons (Fsp3) is 0.900. The zero-order valence-corrected chi connectivity index (χ0v) is 9.30. The van der Waals surface area contributed by atoms with E-state index >= 15 is 0 Å². The molecule has 4 nitrogen and oxygen atoms in total. The molecule has 1 saturated heterocycles. The first-order valence-corrected chi connectivity index (χ1v) is 5.17. The topological polar surface area (TPSA) is 41.6 Å². The zero-order valence-electron chi connectivity index (χ0n) is 9.30. The number of carbonyl (C=O) groups is 1. The van der Waals surface area contributed by atoms with Crippen molar-refractivity contribution < 1.29 is 9.53 Å². The molecule has 1 rings (SSSR count). The predicted molar refractivity (Wildman–Crippen MR) is 55.2 cm³/mol. The summed E-state index contributed by atoms with van der Waals surface area (Å²) in [6, 6.07) is 0. The first-order chi connectivity index (χ1) is 6.55. The Balaban J connectivity index is 2.55. The summed E-state index contributed by atoms with van der Waals surface area (Å²) in [7, 11) is 0. The molecule has 0 atom stereocenters. The van der Waals surface area contributed by atoms with Gasteiger partial charge in [0, 0.05) is 26.2 Å². The third-order valence-corrected chi connectivity index (χ3v) is 2.31. The number of amides is 1. The Morgan fingerprint density at radius 3 is 2.93 bits per heavy atom. The average molecular weight is 200 g/mol. The van der Waals surface area contributed by atoms with Crippen LogP contribution in [-0.2, 0) is 4.74 Å². The molecule has 1 aliphatic rings. The van der Waals surface area contributed by atoms with Crippen LogP contribution in [0.5, 0.6) is 0 Å². The molecule has 0 radical (unpaired) electrons. The van der Waals surface area contributed by atoms with Gasteiger partial charge in [-0.05, 0) is 12.3 Å². The minimum Gasteiger partial charge on any atom is -0.450 e. The molecule has 1 N–H and O–H groups in total. The Morgan fingerprint density at radius 1 is 1.57 bits per heavy atom. The maximum Gasteiger partial charge on any atom is 0.409 e. The van der Waals surface area contributed by atoms with Crippen molar-refractivity contribution in [2.45, 2.75) is 20.8 Å². The van der Waals surface area contributed by atoms with Gasteiger partial charge in [-0.2, -0.15) is 0 Å². The van der Waals surface area contributed by atoms with E-state index < -0.39 is 0 Å². The van der Waals surface area contributed by atoms with E-state index in [4.69, 9.17) is 4.74 Å². The molecule has 0 aliphatic carbocycles. The summed E-state index contributed by atoms with van der Waals surface area (Å²) >= 11 is 0. The van der Waals surface area contributed by atoms with Gasteiger partial charge in [-0.15, -0.1) is 0 Å². The summed E-state index contributed by atoms with van der Waals surface area (Å²) in [6.45, 7) is 9.88. The van der Waals surface area contributed by atoms with Crippen LogP contribution in [0.1, 0.15) is 20.8 Å². The van der Waals surface area contributed by atoms with Gasteiger partial charge in [-0.1, -0.05) is 13.8 Å². The number of nitrogens with one attached hydrogen (secondary N) is 1. The highest BCUT2D eigenvalue weighted by molar-refractivity contribution is 5.67. The van der Waals surface area contributed by atoms with Crippen molar-refractivity contribution in [1.82, 2.24) is 10.2 Å². The second kappa shape index (κ2) is 4.64. The van der Waals surface area contributed by atoms with Gasteiger partial charge in [0.25, 0.3) is 0 Å². The minimum atomic E-state index is -0.190. The van der Waals surface area contributed by atoms with Crippen LogP contribution in [-0.4, -0.2) is 43.8 Å². The molecule has 0 bridgehead atoms. The van der Waals surface area contributed by atoms with Crippen molar-refractivity contribution in [2.24, 2.45) is 5.41 Å². The first-order valence-electron chi connectivity index (χ1n) is 5.17. The summed E-state index contributed by atoms with van der Waals surface area (Å²) in [6.07, 6.45) is -0.190. The van der Waals surface area contributed by atoms with Gasteiger partial charge in [0.05, 0.1) is 6.61 Å². The number of carbonyl (C=O) groups excluding carboxylic acids is 1. The monoisotopic (exact) mass is 200 g/mol. The first kappa shape index (κ1) is 11.3. The van der Waals surface area contributed by atoms with Crippen molar-refractivity contribution in [1.29, 1.82) is 0 Å². The molecule has 1 fully saturated rings. The minimum absolute atomic E-state index is 0.128. The van der Waals surface area contributed by atoms with Gasteiger partial charge < -0.3 is 15.0 Å². The highest BCUT2D eigenvalue weighted by Crippen LogP contribution is 2.18. The van der Waals surface area contributed by atoms with Crippen LogP contribution in [0.4, 0.5) is 4.79 Å². The number of nitrogens with zero attached hydrogens (tertiary/aromatic N) is 1. The van der Waals surface area contributed by atoms with E-state index in [1.54, 1.807) is 4.90 Å². The van der Waals surface area contributed by atoms with Gasteiger partial charge in [0.2, 0.25) is 0 Å². The van der Waals surface area contributed by atoms with Crippen LogP contribution in [0, 0.1) is 5.41 Å². The summed E-state index contributed by atoms with van der Waals surface area (Å²) in [5.41, 5.74) is 0.128. The smallest absolute Gasteiger partial charge is 0.409 e. The maximum absolute atomic E-state index is 11.5. The van der Waals surface area contributed by atoms with Crippen molar-refractivity contribution in [3.8, 4) is 0 Å². The van der Waals surface area contributed by atoms with E-state index in [9.17, 15) is 4.79 Å². The van der Waals surface area contributed by atoms with E-state index in [1.165, 1.54) is 0 Å². The van der Waals surface area contributed by atoms with E-state index in [0.717, 1.165) is 26.2 Å². The Labute approximate surface area is 85.6 Å². The largest absolute Gasteiger partial charge is 0.450 e. The molecule has 0 unspecified atom stereocenters. The summed E-state index contributed by atoms with van der Waals surface area (Å²) < 4.78 is 4.99. The molecular weight excluding hydrogens is 180 g/mol. The molecule has 4 heteroatoms. The van der Waals surface area contributed by atoms with Gasteiger partial charge in [0.15, 0.2) is 0 Å². The highest BCUT2D eigenvalue weighted by Gasteiger charge is 2.27. The average Bonchev–Trinajstić information content (AvgIpc) is 2.27. The summed E-state index contributed by atoms with van der Waals surface area (Å²) in [5, 5.41) is 3.32. The van der Waals surface area contributed by atoms with Crippen LogP contribution < -0.4 is 5.32 Å². The molecule has 0 aromatic carbocycles. The van der Waals surface area contributed by atoms with Crippen LogP contribution in [0.2, 0.25) is 0 Å². The van der Waals surface area contributed by atoms with E-state index in [2.05, 4.69) is 19.2 Å². The third kappa shape index (κ3) is 3.18. The lowest BCUT2D eigenvalue weighted by atomic mass is 9.93. The predicted octanol–water partition coefficient (Wildman–Crippen LogP) is 1.07. The number of hydrogen-bond donors (Lipinski definition) is 1. The molecule has 0 spiro atoms. The molecule has 1 heterocycles. The van der Waals surface area contributed by atoms with Crippen molar-refractivity contribution >= 4 is 6.09 Å². The van der Waals surface area contributed by atoms with Gasteiger partial charge in [-0.25, -0.2) is 4.79 Å². The van der Waals surface area contributed by atoms with E-state index in [-0.39, 0.29) is 11.5 Å². The highest BCUT2D eigenvalue weighted by atomic mass is 16.6. The van der Waals surface area contributed by atoms with E-state index in [1.807, 2.05) is 6.92 Å². The van der Waals surface area contributed by atoms with Crippen LogP contribution in [0.15, 0.2) is 0 Å². The summed E-state index contributed by atoms with van der Waals surface area (Å²) in [4.78, 5) is 13.3. The van der Waals surface area contributed by atoms with Crippen LogP contribution in [0.25, 0.3) is 0 Å². The number of hydrogen-bond acceptors (Lipinski definition) is 3. The lowest BCUT2D eigenvalue weighted by Crippen LogP contribution is -2.39. The standard InChI is InChI=1S/C10H20N2O2/c1-4-14-9(13)12-6-5-11-7-10(2,3)8-12/h11H,4-8H2,1-3H3. The maximum atomic E-state index is 11.5. The second-order valence-corrected chi connectivity index (χ2v) is 4.46. The second-order valence-electron chi connectivity index (χ2n) is 4.46. The molecular formula is C10H20N2O2. The van der Waals surface area contributed by atoms with Gasteiger partial charge in [0.1, 0.15) is 0 Å². The van der Waals surface area contributed by atoms with Gasteiger partial charge in [-0.3, -0.25) is 0 Å². The molecule has 1 aliphatic heterocycles. The number of rotatable bonds is 1. The lowest BCUT2D eigenvalue weighted by molar-refractivity contribution is 0.0977. The molecule has 0 aromatic rings. The molecule has 82 valence electrons. The summed E-state index contributed by atoms with van der Waals surface area (Å²) in [5.74, 6) is 0. The number of ether oxygens (including phenoxy) is 1. The zero-order chi connectivity index (χ0) is 10.6. The Morgan fingerprint density at radius 2 is 2.29 bits per heavy atom.